The highest BCUT2D eigenvalue weighted by molar-refractivity contribution is 7.18. The molecule has 0 aliphatic carbocycles. The molecule has 0 unspecified atom stereocenters. The van der Waals surface area contributed by atoms with Gasteiger partial charge in [-0.05, 0) is 40.4 Å². The number of thiophene rings is 2. The topological polar surface area (TPSA) is 111 Å². The summed E-state index contributed by atoms with van der Waals surface area (Å²) < 4.78 is 5.65. The Morgan fingerprint density at radius 2 is 2.15 bits per heavy atom. The van der Waals surface area contributed by atoms with E-state index in [1.54, 1.807) is 24.3 Å². The molecule has 4 heterocycles. The maximum absolute atomic E-state index is 12.6. The minimum Gasteiger partial charge on any atom is -0.474 e. The van der Waals surface area contributed by atoms with Crippen LogP contribution in [-0.4, -0.2) is 19.9 Å². The first-order valence-corrected chi connectivity index (χ1v) is 9.62. The van der Waals surface area contributed by atoms with Gasteiger partial charge in [-0.15, -0.1) is 22.7 Å². The lowest BCUT2D eigenvalue weighted by Crippen LogP contribution is -2.16. The van der Waals surface area contributed by atoms with Crippen molar-refractivity contribution < 1.29 is 9.66 Å². The Balaban J connectivity index is 1.71. The van der Waals surface area contributed by atoms with Gasteiger partial charge < -0.3 is 19.8 Å². The maximum atomic E-state index is 12.6. The SMILES string of the molecule is C[C@H](Oc1cccnc1[N+](=O)[O-])c1nc2scc(-c3cccs3)c2c(=O)[nH]1. The summed E-state index contributed by atoms with van der Waals surface area (Å²) in [5.74, 6) is -0.0719. The molecule has 10 heteroatoms. The third-order valence-electron chi connectivity index (χ3n) is 3.86. The predicted molar refractivity (Wildman–Crippen MR) is 103 cm³/mol. The number of fused-ring (bicyclic) bond motifs is 1. The van der Waals surface area contributed by atoms with E-state index >= 15 is 0 Å². The van der Waals surface area contributed by atoms with Gasteiger partial charge in [-0.1, -0.05) is 6.07 Å². The van der Waals surface area contributed by atoms with E-state index in [1.165, 1.54) is 23.6 Å². The van der Waals surface area contributed by atoms with Crippen LogP contribution in [0.15, 0.2) is 46.0 Å². The van der Waals surface area contributed by atoms with E-state index in [1.807, 2.05) is 22.9 Å². The van der Waals surface area contributed by atoms with Crippen molar-refractivity contribution in [1.29, 1.82) is 0 Å². The van der Waals surface area contributed by atoms with E-state index in [9.17, 15) is 14.9 Å². The van der Waals surface area contributed by atoms with Crippen LogP contribution in [0.5, 0.6) is 5.75 Å². The molecule has 1 atom stereocenters. The first-order valence-electron chi connectivity index (χ1n) is 7.86. The molecule has 0 radical (unpaired) electrons. The van der Waals surface area contributed by atoms with Crippen LogP contribution in [0.2, 0.25) is 0 Å². The van der Waals surface area contributed by atoms with Gasteiger partial charge in [0.25, 0.3) is 5.56 Å². The van der Waals surface area contributed by atoms with Crippen LogP contribution in [0.3, 0.4) is 0 Å². The third-order valence-corrected chi connectivity index (χ3v) is 5.64. The van der Waals surface area contributed by atoms with Crippen molar-refractivity contribution in [3.8, 4) is 16.2 Å². The van der Waals surface area contributed by atoms with Gasteiger partial charge in [0.1, 0.15) is 11.0 Å². The lowest BCUT2D eigenvalue weighted by molar-refractivity contribution is -0.390. The number of nitrogens with one attached hydrogen (secondary N) is 1. The van der Waals surface area contributed by atoms with Crippen molar-refractivity contribution in [3.05, 3.63) is 67.5 Å². The molecule has 0 aliphatic heterocycles. The number of rotatable bonds is 5. The standard InChI is InChI=1S/C17H12N4O4S2/c1-9(25-11-4-2-6-18-15(11)21(23)24)14-19-16(22)13-10(8-27-17(13)20-14)12-5-3-7-26-12/h2-9H,1H3,(H,19,20,22)/t9-/m0/s1. The number of H-pyrrole nitrogens is 1. The largest absolute Gasteiger partial charge is 0.474 e. The summed E-state index contributed by atoms with van der Waals surface area (Å²) in [5, 5.41) is 15.5. The lowest BCUT2D eigenvalue weighted by atomic mass is 10.2. The van der Waals surface area contributed by atoms with E-state index in [-0.39, 0.29) is 17.1 Å². The van der Waals surface area contributed by atoms with Gasteiger partial charge >= 0.3 is 5.82 Å². The summed E-state index contributed by atoms with van der Waals surface area (Å²) in [5.41, 5.74) is 0.581. The minimum absolute atomic E-state index is 0.0169. The molecule has 0 amide bonds. The summed E-state index contributed by atoms with van der Waals surface area (Å²) >= 11 is 2.92. The van der Waals surface area contributed by atoms with Crippen LogP contribution in [0.1, 0.15) is 18.9 Å². The number of aromatic nitrogens is 3. The van der Waals surface area contributed by atoms with Gasteiger partial charge in [0.2, 0.25) is 5.75 Å². The Kier molecular flexibility index (Phi) is 4.42. The monoisotopic (exact) mass is 400 g/mol. The molecule has 0 saturated heterocycles. The fraction of sp³-hybridized carbons (Fsp3) is 0.118. The van der Waals surface area contributed by atoms with Crippen LogP contribution in [0, 0.1) is 10.1 Å². The Morgan fingerprint density at radius 1 is 1.30 bits per heavy atom. The second kappa shape index (κ2) is 6.89. The average molecular weight is 400 g/mol. The lowest BCUT2D eigenvalue weighted by Gasteiger charge is -2.13. The number of ether oxygens (including phenoxy) is 1. The van der Waals surface area contributed by atoms with Crippen molar-refractivity contribution in [2.75, 3.05) is 0 Å². The number of aromatic amines is 1. The van der Waals surface area contributed by atoms with Gasteiger partial charge in [-0.3, -0.25) is 4.79 Å². The van der Waals surface area contributed by atoms with Gasteiger partial charge in [-0.2, -0.15) is 0 Å². The summed E-state index contributed by atoms with van der Waals surface area (Å²) in [4.78, 5) is 35.6. The number of hydrogen-bond acceptors (Lipinski definition) is 8. The maximum Gasteiger partial charge on any atom is 0.406 e. The van der Waals surface area contributed by atoms with E-state index in [0.717, 1.165) is 10.4 Å². The molecule has 8 nitrogen and oxygen atoms in total. The zero-order valence-electron chi connectivity index (χ0n) is 13.9. The highest BCUT2D eigenvalue weighted by Crippen LogP contribution is 2.34. The van der Waals surface area contributed by atoms with E-state index in [4.69, 9.17) is 4.74 Å². The van der Waals surface area contributed by atoms with Crippen molar-refractivity contribution in [2.24, 2.45) is 0 Å². The molecule has 0 fully saturated rings. The van der Waals surface area contributed by atoms with Gasteiger partial charge in [0.15, 0.2) is 11.9 Å². The van der Waals surface area contributed by atoms with Crippen LogP contribution >= 0.6 is 22.7 Å². The van der Waals surface area contributed by atoms with Crippen LogP contribution < -0.4 is 10.3 Å². The molecule has 1 N–H and O–H groups in total. The molecule has 27 heavy (non-hydrogen) atoms. The minimum atomic E-state index is -0.697. The molecule has 4 aromatic heterocycles. The number of nitro groups is 1. The predicted octanol–water partition coefficient (Wildman–Crippen LogP) is 4.16. The van der Waals surface area contributed by atoms with Crippen molar-refractivity contribution in [1.82, 2.24) is 15.0 Å². The first-order chi connectivity index (χ1) is 13.0. The fourth-order valence-corrected chi connectivity index (χ4v) is 4.40. The molecule has 0 saturated carbocycles. The quantitative estimate of drug-likeness (QED) is 0.398. The zero-order chi connectivity index (χ0) is 19.0. The molecular weight excluding hydrogens is 388 g/mol. The van der Waals surface area contributed by atoms with Crippen molar-refractivity contribution in [2.45, 2.75) is 13.0 Å². The summed E-state index contributed by atoms with van der Waals surface area (Å²) in [6.45, 7) is 1.66. The summed E-state index contributed by atoms with van der Waals surface area (Å²) in [6, 6.07) is 6.88. The zero-order valence-corrected chi connectivity index (χ0v) is 15.5. The average Bonchev–Trinajstić information content (AvgIpc) is 3.31. The normalized spacial score (nSPS) is 12.2. The van der Waals surface area contributed by atoms with E-state index < -0.39 is 11.0 Å². The van der Waals surface area contributed by atoms with Gasteiger partial charge in [0.05, 0.1) is 5.39 Å². The van der Waals surface area contributed by atoms with Gasteiger partial charge in [0, 0.05) is 15.8 Å². The van der Waals surface area contributed by atoms with Crippen molar-refractivity contribution >= 4 is 38.7 Å². The molecule has 0 spiro atoms. The summed E-state index contributed by atoms with van der Waals surface area (Å²) in [7, 11) is 0. The third kappa shape index (κ3) is 3.20. The molecule has 0 bridgehead atoms. The van der Waals surface area contributed by atoms with Gasteiger partial charge in [-0.25, -0.2) is 4.98 Å². The first kappa shape index (κ1) is 17.3. The highest BCUT2D eigenvalue weighted by atomic mass is 32.1. The number of hydrogen-bond donors (Lipinski definition) is 1. The molecule has 0 aromatic carbocycles. The Hall–Kier alpha value is -3.11. The molecule has 4 rings (SSSR count). The Labute approximate surface area is 160 Å². The smallest absolute Gasteiger partial charge is 0.406 e. The Morgan fingerprint density at radius 3 is 2.89 bits per heavy atom. The van der Waals surface area contributed by atoms with Crippen molar-refractivity contribution in [3.63, 3.8) is 0 Å². The Bertz CT molecular complexity index is 1180. The number of pyridine rings is 1. The van der Waals surface area contributed by atoms with Crippen LogP contribution in [0.25, 0.3) is 20.7 Å². The number of nitrogens with zero attached hydrogens (tertiary/aromatic N) is 3. The molecule has 136 valence electrons. The highest BCUT2D eigenvalue weighted by Gasteiger charge is 2.21. The van der Waals surface area contributed by atoms with E-state index in [2.05, 4.69) is 15.0 Å². The molecule has 0 aliphatic rings. The molecule has 4 aromatic rings. The second-order valence-corrected chi connectivity index (χ2v) is 7.41. The molecular formula is C17H12N4O4S2. The van der Waals surface area contributed by atoms with Crippen LogP contribution in [0.4, 0.5) is 5.82 Å². The van der Waals surface area contributed by atoms with E-state index in [0.29, 0.717) is 16.0 Å². The van der Waals surface area contributed by atoms with Crippen LogP contribution in [-0.2, 0) is 0 Å². The summed E-state index contributed by atoms with van der Waals surface area (Å²) in [6.07, 6.45) is 0.622. The second-order valence-electron chi connectivity index (χ2n) is 5.60. The fourth-order valence-electron chi connectivity index (χ4n) is 2.63.